The van der Waals surface area contributed by atoms with Crippen LogP contribution in [0.25, 0.3) is 10.9 Å². The monoisotopic (exact) mass is 418 g/mol. The summed E-state index contributed by atoms with van der Waals surface area (Å²) in [5, 5.41) is 0.390. The van der Waals surface area contributed by atoms with Crippen molar-refractivity contribution in [1.29, 1.82) is 0 Å². The number of nitrogens with one attached hydrogen (secondary N) is 1. The first-order valence-corrected chi connectivity index (χ1v) is 8.32. The van der Waals surface area contributed by atoms with Gasteiger partial charge in [0.1, 0.15) is 0 Å². The molecule has 2 aromatic carbocycles. The molecule has 1 heterocycles. The molecule has 3 aromatic rings. The Balaban J connectivity index is 2.17. The molecule has 7 nitrogen and oxygen atoms in total. The summed E-state index contributed by atoms with van der Waals surface area (Å²) < 4.78 is 16.4. The van der Waals surface area contributed by atoms with Gasteiger partial charge in [-0.1, -0.05) is 6.07 Å². The molecule has 0 saturated heterocycles. The van der Waals surface area contributed by atoms with E-state index in [2.05, 4.69) is 25.9 Å². The molecule has 0 saturated carbocycles. The summed E-state index contributed by atoms with van der Waals surface area (Å²) in [5.74, 6) is 0.482. The first kappa shape index (κ1) is 17.9. The second-order valence-electron chi connectivity index (χ2n) is 5.29. The minimum absolute atomic E-state index is 0.0799. The van der Waals surface area contributed by atoms with Crippen molar-refractivity contribution in [2.75, 3.05) is 21.3 Å². The van der Waals surface area contributed by atoms with Gasteiger partial charge in [-0.15, -0.1) is 0 Å². The van der Waals surface area contributed by atoms with Crippen LogP contribution in [-0.2, 0) is 0 Å². The topological polar surface area (TPSA) is 90.5 Å². The Morgan fingerprint density at radius 2 is 1.73 bits per heavy atom. The van der Waals surface area contributed by atoms with Crippen LogP contribution in [0.5, 0.6) is 17.2 Å². The zero-order chi connectivity index (χ0) is 18.8. The number of nitrogens with zero attached hydrogens (tertiary/aromatic N) is 1. The lowest BCUT2D eigenvalue weighted by atomic mass is 10.1. The SMILES string of the molecule is COc1cc(C(=O)c2nc3c(Br)cccc3c(=O)[nH]2)cc(OC)c1OC. The fourth-order valence-corrected chi connectivity index (χ4v) is 3.04. The Labute approximate surface area is 157 Å². The van der Waals surface area contributed by atoms with Gasteiger partial charge in [-0.2, -0.15) is 0 Å². The second-order valence-corrected chi connectivity index (χ2v) is 6.15. The van der Waals surface area contributed by atoms with E-state index in [-0.39, 0.29) is 11.4 Å². The number of ketones is 1. The third-order valence-electron chi connectivity index (χ3n) is 3.83. The number of methoxy groups -OCH3 is 3. The third kappa shape index (κ3) is 3.03. The average Bonchev–Trinajstić information content (AvgIpc) is 2.66. The zero-order valence-corrected chi connectivity index (χ0v) is 15.8. The van der Waals surface area contributed by atoms with Crippen molar-refractivity contribution in [2.24, 2.45) is 0 Å². The molecular formula is C18H15BrN2O5. The summed E-state index contributed by atoms with van der Waals surface area (Å²) in [6, 6.07) is 8.13. The summed E-state index contributed by atoms with van der Waals surface area (Å²) >= 11 is 3.35. The number of fused-ring (bicyclic) bond motifs is 1. The van der Waals surface area contributed by atoms with Gasteiger partial charge in [0, 0.05) is 10.0 Å². The number of H-pyrrole nitrogens is 1. The van der Waals surface area contributed by atoms with Crippen molar-refractivity contribution in [2.45, 2.75) is 0 Å². The van der Waals surface area contributed by atoms with Gasteiger partial charge >= 0.3 is 0 Å². The fraction of sp³-hybridized carbons (Fsp3) is 0.167. The molecule has 0 aliphatic carbocycles. The van der Waals surface area contributed by atoms with Crippen LogP contribution in [0.3, 0.4) is 0 Å². The maximum absolute atomic E-state index is 12.9. The minimum atomic E-state index is -0.473. The smallest absolute Gasteiger partial charge is 0.259 e. The molecule has 3 rings (SSSR count). The Hall–Kier alpha value is -2.87. The number of aromatic nitrogens is 2. The molecule has 8 heteroatoms. The van der Waals surface area contributed by atoms with Crippen LogP contribution in [0, 0.1) is 0 Å². The van der Waals surface area contributed by atoms with Crippen LogP contribution in [-0.4, -0.2) is 37.1 Å². The number of rotatable bonds is 5. The van der Waals surface area contributed by atoms with Gasteiger partial charge in [0.15, 0.2) is 17.3 Å². The van der Waals surface area contributed by atoms with E-state index >= 15 is 0 Å². The van der Waals surface area contributed by atoms with Crippen LogP contribution < -0.4 is 19.8 Å². The summed E-state index contributed by atoms with van der Waals surface area (Å²) in [7, 11) is 4.39. The standard InChI is InChI=1S/C18H15BrN2O5/c1-24-12-7-9(8-13(25-2)16(12)26-3)15(22)17-20-14-10(18(23)21-17)5-4-6-11(14)19/h4-8H,1-3H3,(H,20,21,23). The molecule has 1 aromatic heterocycles. The van der Waals surface area contributed by atoms with E-state index in [0.717, 1.165) is 0 Å². The molecule has 0 radical (unpaired) electrons. The van der Waals surface area contributed by atoms with Gasteiger partial charge < -0.3 is 19.2 Å². The average molecular weight is 419 g/mol. The number of carbonyl (C=O) groups is 1. The highest BCUT2D eigenvalue weighted by Crippen LogP contribution is 2.38. The summed E-state index contributed by atoms with van der Waals surface area (Å²) in [6.45, 7) is 0. The van der Waals surface area contributed by atoms with Crippen molar-refractivity contribution < 1.29 is 19.0 Å². The van der Waals surface area contributed by atoms with Gasteiger partial charge in [0.05, 0.1) is 32.2 Å². The summed E-state index contributed by atoms with van der Waals surface area (Å²) in [6.07, 6.45) is 0. The Kier molecular flexibility index (Phi) is 4.94. The second kappa shape index (κ2) is 7.17. The maximum atomic E-state index is 12.9. The lowest BCUT2D eigenvalue weighted by molar-refractivity contribution is 0.102. The zero-order valence-electron chi connectivity index (χ0n) is 14.3. The summed E-state index contributed by atoms with van der Waals surface area (Å²) in [4.78, 5) is 32.0. The molecule has 0 fully saturated rings. The number of para-hydroxylation sites is 1. The molecule has 0 bridgehead atoms. The number of aromatic amines is 1. The molecule has 0 amide bonds. The molecule has 0 aliphatic rings. The van der Waals surface area contributed by atoms with Crippen LogP contribution >= 0.6 is 15.9 Å². The molecule has 0 aliphatic heterocycles. The van der Waals surface area contributed by atoms with E-state index in [0.29, 0.717) is 32.6 Å². The highest BCUT2D eigenvalue weighted by atomic mass is 79.9. The molecule has 0 unspecified atom stereocenters. The highest BCUT2D eigenvalue weighted by Gasteiger charge is 2.20. The van der Waals surface area contributed by atoms with Gasteiger partial charge in [0.2, 0.25) is 11.5 Å². The molecule has 0 spiro atoms. The van der Waals surface area contributed by atoms with Crippen molar-refractivity contribution >= 4 is 32.6 Å². The number of benzene rings is 2. The lowest BCUT2D eigenvalue weighted by Crippen LogP contribution is -2.17. The number of carbonyl (C=O) groups excluding carboxylic acids is 1. The lowest BCUT2D eigenvalue weighted by Gasteiger charge is -2.13. The first-order chi connectivity index (χ1) is 12.5. The first-order valence-electron chi connectivity index (χ1n) is 7.53. The van der Waals surface area contributed by atoms with Crippen LogP contribution in [0.15, 0.2) is 39.6 Å². The van der Waals surface area contributed by atoms with Crippen molar-refractivity contribution in [3.8, 4) is 17.2 Å². The summed E-state index contributed by atoms with van der Waals surface area (Å²) in [5.41, 5.74) is 0.258. The van der Waals surface area contributed by atoms with Crippen LogP contribution in [0.4, 0.5) is 0 Å². The van der Waals surface area contributed by atoms with Crippen molar-refractivity contribution in [3.63, 3.8) is 0 Å². The Morgan fingerprint density at radius 1 is 1.08 bits per heavy atom. The van der Waals surface area contributed by atoms with Gasteiger partial charge in [-0.05, 0) is 40.2 Å². The third-order valence-corrected chi connectivity index (χ3v) is 4.47. The van der Waals surface area contributed by atoms with Crippen molar-refractivity contribution in [1.82, 2.24) is 9.97 Å². The van der Waals surface area contributed by atoms with Gasteiger partial charge in [-0.3, -0.25) is 9.59 Å². The number of hydrogen-bond donors (Lipinski definition) is 1. The van der Waals surface area contributed by atoms with Gasteiger partial charge in [-0.25, -0.2) is 4.98 Å². The Bertz CT molecular complexity index is 1040. The van der Waals surface area contributed by atoms with Crippen LogP contribution in [0.1, 0.15) is 16.2 Å². The molecule has 134 valence electrons. The maximum Gasteiger partial charge on any atom is 0.259 e. The van der Waals surface area contributed by atoms with E-state index in [1.165, 1.54) is 33.5 Å². The number of halogens is 1. The van der Waals surface area contributed by atoms with E-state index in [1.807, 2.05) is 0 Å². The Morgan fingerprint density at radius 3 is 2.31 bits per heavy atom. The van der Waals surface area contributed by atoms with E-state index in [4.69, 9.17) is 14.2 Å². The normalized spacial score (nSPS) is 10.6. The predicted octanol–water partition coefficient (Wildman–Crippen LogP) is 2.94. The van der Waals surface area contributed by atoms with E-state index in [1.54, 1.807) is 18.2 Å². The van der Waals surface area contributed by atoms with Crippen LogP contribution in [0.2, 0.25) is 0 Å². The molecule has 1 N–H and O–H groups in total. The van der Waals surface area contributed by atoms with Crippen molar-refractivity contribution in [3.05, 3.63) is 56.5 Å². The molecule has 0 atom stereocenters. The van der Waals surface area contributed by atoms with E-state index in [9.17, 15) is 9.59 Å². The highest BCUT2D eigenvalue weighted by molar-refractivity contribution is 9.10. The quantitative estimate of drug-likeness (QED) is 0.640. The minimum Gasteiger partial charge on any atom is -0.493 e. The van der Waals surface area contributed by atoms with E-state index < -0.39 is 11.3 Å². The number of hydrogen-bond acceptors (Lipinski definition) is 6. The molecular weight excluding hydrogens is 404 g/mol. The molecule has 26 heavy (non-hydrogen) atoms. The fourth-order valence-electron chi connectivity index (χ4n) is 2.58. The predicted molar refractivity (Wildman–Crippen MR) is 99.6 cm³/mol. The largest absolute Gasteiger partial charge is 0.493 e. The number of ether oxygens (including phenoxy) is 3. The van der Waals surface area contributed by atoms with Gasteiger partial charge in [0.25, 0.3) is 5.56 Å².